The van der Waals surface area contributed by atoms with Crippen LogP contribution in [-0.4, -0.2) is 34.1 Å². The summed E-state index contributed by atoms with van der Waals surface area (Å²) in [5.74, 6) is -3.10. The minimum Gasteiger partial charge on any atom is -0.481 e. The number of rotatable bonds is 7. The van der Waals surface area contributed by atoms with Crippen LogP contribution in [0.2, 0.25) is 10.0 Å². The second-order valence-corrected chi connectivity index (χ2v) is 5.17. The van der Waals surface area contributed by atoms with E-state index >= 15 is 0 Å². The molecule has 1 unspecified atom stereocenters. The van der Waals surface area contributed by atoms with Gasteiger partial charge in [0.15, 0.2) is 0 Å². The summed E-state index contributed by atoms with van der Waals surface area (Å²) in [5.41, 5.74) is 0.540. The molecular weight excluding hydrogens is 333 g/mol. The van der Waals surface area contributed by atoms with Crippen LogP contribution in [0.15, 0.2) is 24.3 Å². The molecule has 0 bridgehead atoms. The van der Waals surface area contributed by atoms with Gasteiger partial charge in [0.2, 0.25) is 5.91 Å². The maximum Gasteiger partial charge on any atom is 0.326 e. The summed E-state index contributed by atoms with van der Waals surface area (Å²) >= 11 is 11.7. The Hall–Kier alpha value is -2.05. The summed E-state index contributed by atoms with van der Waals surface area (Å²) in [5, 5.41) is 20.5. The molecule has 118 valence electrons. The number of carboxylic acid groups (broad SMARTS) is 2. The van der Waals surface area contributed by atoms with Crippen LogP contribution in [0.4, 0.5) is 0 Å². The maximum atomic E-state index is 11.7. The molecule has 0 radical (unpaired) electrons. The van der Waals surface area contributed by atoms with Gasteiger partial charge in [0, 0.05) is 22.5 Å². The van der Waals surface area contributed by atoms with Crippen LogP contribution in [0, 0.1) is 0 Å². The lowest BCUT2D eigenvalue weighted by Gasteiger charge is -2.11. The van der Waals surface area contributed by atoms with Crippen molar-refractivity contribution in [3.63, 3.8) is 0 Å². The standard InChI is InChI=1S/C14H13Cl2NO5/c15-9-3-1-8(10(16)7-9)2-5-12(18)17-11(14(21)22)4-6-13(19)20/h1-3,5,7,11H,4,6H2,(H,17,18)(H,19,20)(H,21,22)/b5-2+. The summed E-state index contributed by atoms with van der Waals surface area (Å²) in [4.78, 5) is 33.1. The van der Waals surface area contributed by atoms with Gasteiger partial charge in [-0.25, -0.2) is 4.79 Å². The summed E-state index contributed by atoms with van der Waals surface area (Å²) in [6, 6.07) is 3.44. The van der Waals surface area contributed by atoms with Crippen molar-refractivity contribution in [1.29, 1.82) is 0 Å². The summed E-state index contributed by atoms with van der Waals surface area (Å²) < 4.78 is 0. The van der Waals surface area contributed by atoms with Crippen LogP contribution in [0.3, 0.4) is 0 Å². The molecule has 6 nitrogen and oxygen atoms in total. The Labute approximate surface area is 136 Å². The molecule has 0 fully saturated rings. The van der Waals surface area contributed by atoms with Crippen molar-refractivity contribution < 1.29 is 24.6 Å². The van der Waals surface area contributed by atoms with Gasteiger partial charge in [0.25, 0.3) is 0 Å². The summed E-state index contributed by atoms with van der Waals surface area (Å²) in [6.45, 7) is 0. The molecule has 0 heterocycles. The Kier molecular flexibility index (Phi) is 6.88. The Morgan fingerprint density at radius 3 is 2.45 bits per heavy atom. The van der Waals surface area contributed by atoms with Gasteiger partial charge in [-0.3, -0.25) is 9.59 Å². The van der Waals surface area contributed by atoms with Crippen LogP contribution in [0.5, 0.6) is 0 Å². The van der Waals surface area contributed by atoms with Gasteiger partial charge < -0.3 is 15.5 Å². The van der Waals surface area contributed by atoms with Crippen molar-refractivity contribution in [2.24, 2.45) is 0 Å². The highest BCUT2D eigenvalue weighted by molar-refractivity contribution is 6.35. The first-order chi connectivity index (χ1) is 10.3. The monoisotopic (exact) mass is 345 g/mol. The zero-order valence-corrected chi connectivity index (χ0v) is 12.8. The van der Waals surface area contributed by atoms with Crippen molar-refractivity contribution in [1.82, 2.24) is 5.32 Å². The third-order valence-corrected chi connectivity index (χ3v) is 3.20. The molecule has 1 aromatic carbocycles. The van der Waals surface area contributed by atoms with Gasteiger partial charge in [-0.15, -0.1) is 0 Å². The van der Waals surface area contributed by atoms with Gasteiger partial charge in [0.05, 0.1) is 0 Å². The minimum atomic E-state index is -1.30. The summed E-state index contributed by atoms with van der Waals surface area (Å²) in [7, 11) is 0. The third-order valence-electron chi connectivity index (χ3n) is 2.64. The zero-order valence-electron chi connectivity index (χ0n) is 11.3. The number of halogens is 2. The predicted molar refractivity (Wildman–Crippen MR) is 81.9 cm³/mol. The fourth-order valence-electron chi connectivity index (χ4n) is 1.55. The van der Waals surface area contributed by atoms with Gasteiger partial charge in [-0.05, 0) is 30.2 Å². The van der Waals surface area contributed by atoms with E-state index in [1.165, 1.54) is 12.1 Å². The van der Waals surface area contributed by atoms with Crippen molar-refractivity contribution in [2.75, 3.05) is 0 Å². The zero-order chi connectivity index (χ0) is 16.7. The minimum absolute atomic E-state index is 0.202. The van der Waals surface area contributed by atoms with Gasteiger partial charge in [-0.2, -0.15) is 0 Å². The number of nitrogens with one attached hydrogen (secondary N) is 1. The quantitative estimate of drug-likeness (QED) is 0.658. The first-order valence-corrected chi connectivity index (χ1v) is 6.93. The average Bonchev–Trinajstić information content (AvgIpc) is 2.41. The van der Waals surface area contributed by atoms with Crippen molar-refractivity contribution >= 4 is 47.1 Å². The second-order valence-electron chi connectivity index (χ2n) is 4.33. The van der Waals surface area contributed by atoms with E-state index in [1.807, 2.05) is 0 Å². The molecule has 8 heteroatoms. The fraction of sp³-hybridized carbons (Fsp3) is 0.214. The van der Waals surface area contributed by atoms with Gasteiger partial charge in [-0.1, -0.05) is 29.3 Å². The van der Waals surface area contributed by atoms with Crippen LogP contribution in [0.1, 0.15) is 18.4 Å². The largest absolute Gasteiger partial charge is 0.481 e. The van der Waals surface area contributed by atoms with Crippen LogP contribution < -0.4 is 5.32 Å². The van der Waals surface area contributed by atoms with Crippen molar-refractivity contribution in [3.8, 4) is 0 Å². The Morgan fingerprint density at radius 2 is 1.91 bits per heavy atom. The maximum absolute atomic E-state index is 11.7. The van der Waals surface area contributed by atoms with E-state index in [9.17, 15) is 14.4 Å². The molecule has 0 saturated heterocycles. The lowest BCUT2D eigenvalue weighted by molar-refractivity contribution is -0.142. The normalized spacial score (nSPS) is 12.1. The topological polar surface area (TPSA) is 104 Å². The number of carbonyl (C=O) groups is 3. The highest BCUT2D eigenvalue weighted by atomic mass is 35.5. The Bertz CT molecular complexity index is 615. The van der Waals surface area contributed by atoms with Crippen molar-refractivity contribution in [3.05, 3.63) is 39.9 Å². The molecule has 0 saturated carbocycles. The average molecular weight is 346 g/mol. The number of carbonyl (C=O) groups excluding carboxylic acids is 1. The van der Waals surface area contributed by atoms with Gasteiger partial charge in [0.1, 0.15) is 6.04 Å². The molecule has 3 N–H and O–H groups in total. The molecule has 0 aliphatic carbocycles. The molecular formula is C14H13Cl2NO5. The molecule has 1 rings (SSSR count). The molecule has 0 spiro atoms. The Balaban J connectivity index is 2.68. The van der Waals surface area contributed by atoms with E-state index < -0.39 is 23.9 Å². The molecule has 1 aromatic rings. The summed E-state index contributed by atoms with van der Waals surface area (Å²) in [6.07, 6.45) is 1.96. The number of amides is 1. The van der Waals surface area contributed by atoms with E-state index in [0.717, 1.165) is 6.08 Å². The Morgan fingerprint density at radius 1 is 1.23 bits per heavy atom. The van der Waals surface area contributed by atoms with Crippen molar-refractivity contribution in [2.45, 2.75) is 18.9 Å². The number of benzene rings is 1. The van der Waals surface area contributed by atoms with E-state index in [4.69, 9.17) is 33.4 Å². The molecule has 0 aliphatic heterocycles. The molecule has 1 amide bonds. The van der Waals surface area contributed by atoms with E-state index in [-0.39, 0.29) is 12.8 Å². The van der Waals surface area contributed by atoms with Crippen LogP contribution in [0.25, 0.3) is 6.08 Å². The lowest BCUT2D eigenvalue weighted by atomic mass is 10.1. The smallest absolute Gasteiger partial charge is 0.326 e. The first-order valence-electron chi connectivity index (χ1n) is 6.18. The molecule has 1 atom stereocenters. The molecule has 0 aliphatic rings. The number of hydrogen-bond donors (Lipinski definition) is 3. The molecule has 22 heavy (non-hydrogen) atoms. The van der Waals surface area contributed by atoms with E-state index in [2.05, 4.69) is 5.32 Å². The van der Waals surface area contributed by atoms with Gasteiger partial charge >= 0.3 is 11.9 Å². The highest BCUT2D eigenvalue weighted by Gasteiger charge is 2.19. The van der Waals surface area contributed by atoms with Crippen LogP contribution >= 0.6 is 23.2 Å². The number of aliphatic carboxylic acids is 2. The highest BCUT2D eigenvalue weighted by Crippen LogP contribution is 2.21. The lowest BCUT2D eigenvalue weighted by Crippen LogP contribution is -2.40. The first kappa shape index (κ1) is 18.0. The molecule has 0 aromatic heterocycles. The third kappa shape index (κ3) is 6.15. The SMILES string of the molecule is O=C(O)CCC(NC(=O)/C=C/c1ccc(Cl)cc1Cl)C(=O)O. The predicted octanol–water partition coefficient (Wildman–Crippen LogP) is 2.44. The fourth-order valence-corrected chi connectivity index (χ4v) is 2.02. The number of carboxylic acids is 2. The van der Waals surface area contributed by atoms with Crippen LogP contribution in [-0.2, 0) is 14.4 Å². The number of hydrogen-bond acceptors (Lipinski definition) is 3. The second kappa shape index (κ2) is 8.41. The van der Waals surface area contributed by atoms with E-state index in [1.54, 1.807) is 12.1 Å². The van der Waals surface area contributed by atoms with E-state index in [0.29, 0.717) is 15.6 Å².